The van der Waals surface area contributed by atoms with Crippen LogP contribution < -0.4 is 10.9 Å². The number of nitrogens with zero attached hydrogens (tertiary/aromatic N) is 4. The Bertz CT molecular complexity index is 1170. The number of fused-ring (bicyclic) bond motifs is 1. The fourth-order valence-corrected chi connectivity index (χ4v) is 3.39. The van der Waals surface area contributed by atoms with Crippen molar-refractivity contribution in [3.8, 4) is 0 Å². The van der Waals surface area contributed by atoms with Gasteiger partial charge in [-0.05, 0) is 17.7 Å². The van der Waals surface area contributed by atoms with Crippen LogP contribution in [0, 0.1) is 0 Å². The van der Waals surface area contributed by atoms with Crippen molar-refractivity contribution in [2.45, 2.75) is 25.9 Å². The van der Waals surface area contributed by atoms with Gasteiger partial charge in [0.05, 0.1) is 24.2 Å². The van der Waals surface area contributed by atoms with Gasteiger partial charge in [0.25, 0.3) is 5.56 Å². The van der Waals surface area contributed by atoms with E-state index in [1.165, 1.54) is 4.68 Å². The number of imide groups is 1. The van der Waals surface area contributed by atoms with Crippen LogP contribution in [0.1, 0.15) is 24.1 Å². The van der Waals surface area contributed by atoms with Crippen molar-refractivity contribution in [3.05, 3.63) is 70.4 Å². The topological polar surface area (TPSA) is 114 Å². The molecular formula is C21H19N5O4. The number of hydrogen-bond acceptors (Lipinski definition) is 6. The average Bonchev–Trinajstić information content (AvgIpc) is 3.07. The van der Waals surface area contributed by atoms with Gasteiger partial charge in [0.15, 0.2) is 0 Å². The molecule has 0 bridgehead atoms. The summed E-state index contributed by atoms with van der Waals surface area (Å²) < 4.78 is 1.34. The minimum absolute atomic E-state index is 0.0584. The van der Waals surface area contributed by atoms with Crippen molar-refractivity contribution in [3.63, 3.8) is 0 Å². The first-order valence-electron chi connectivity index (χ1n) is 9.50. The Hall–Kier alpha value is -3.88. The molecule has 0 saturated carbocycles. The lowest BCUT2D eigenvalue weighted by molar-refractivity contribution is -0.142. The van der Waals surface area contributed by atoms with Crippen molar-refractivity contribution >= 4 is 28.5 Å². The Morgan fingerprint density at radius 3 is 2.43 bits per heavy atom. The molecule has 3 aromatic rings. The number of hydrogen-bond donors (Lipinski definition) is 1. The highest BCUT2D eigenvalue weighted by atomic mass is 16.2. The Labute approximate surface area is 171 Å². The second kappa shape index (κ2) is 8.24. The number of carbonyl (C=O) groups excluding carboxylic acids is 3. The summed E-state index contributed by atoms with van der Waals surface area (Å²) in [5, 5.41) is 8.27. The molecule has 3 heterocycles. The van der Waals surface area contributed by atoms with E-state index in [2.05, 4.69) is 15.4 Å². The lowest BCUT2D eigenvalue weighted by atomic mass is 10.1. The zero-order valence-corrected chi connectivity index (χ0v) is 16.1. The second-order valence-corrected chi connectivity index (χ2v) is 6.97. The standard InChI is InChI=1S/C21H19N5O4/c27-18(13-25-19(28)7-8-20(25)29)23-11-17-15-5-1-2-6-16(15)21(30)26(24-17)12-14-4-3-9-22-10-14/h1-6,9-10H,7-8,11-13H2,(H,23,27). The SMILES string of the molecule is O=C(CN1C(=O)CCC1=O)NCc1nn(Cc2cccnc2)c(=O)c2ccccc12. The van der Waals surface area contributed by atoms with E-state index in [9.17, 15) is 19.2 Å². The van der Waals surface area contributed by atoms with Crippen LogP contribution in [-0.4, -0.2) is 43.9 Å². The smallest absolute Gasteiger partial charge is 0.274 e. The summed E-state index contributed by atoms with van der Waals surface area (Å²) in [6, 6.07) is 10.7. The normalized spacial score (nSPS) is 13.8. The third-order valence-electron chi connectivity index (χ3n) is 4.91. The third-order valence-corrected chi connectivity index (χ3v) is 4.91. The maximum absolute atomic E-state index is 12.8. The summed E-state index contributed by atoms with van der Waals surface area (Å²) in [6.07, 6.45) is 3.58. The molecule has 2 aromatic heterocycles. The van der Waals surface area contributed by atoms with E-state index >= 15 is 0 Å². The molecule has 4 rings (SSSR count). The first-order chi connectivity index (χ1) is 14.5. The summed E-state index contributed by atoms with van der Waals surface area (Å²) >= 11 is 0. The fourth-order valence-electron chi connectivity index (χ4n) is 3.39. The quantitative estimate of drug-likeness (QED) is 0.601. The van der Waals surface area contributed by atoms with Crippen LogP contribution in [0.15, 0.2) is 53.6 Å². The number of carbonyl (C=O) groups is 3. The van der Waals surface area contributed by atoms with Gasteiger partial charge < -0.3 is 5.32 Å². The van der Waals surface area contributed by atoms with E-state index in [0.717, 1.165) is 10.5 Å². The van der Waals surface area contributed by atoms with E-state index in [1.807, 2.05) is 6.07 Å². The molecule has 1 aliphatic rings. The number of benzene rings is 1. The van der Waals surface area contributed by atoms with Gasteiger partial charge in [-0.3, -0.25) is 29.1 Å². The fraction of sp³-hybridized carbons (Fsp3) is 0.238. The maximum Gasteiger partial charge on any atom is 0.274 e. The van der Waals surface area contributed by atoms with Crippen molar-refractivity contribution in [2.75, 3.05) is 6.54 Å². The molecule has 0 spiro atoms. The van der Waals surface area contributed by atoms with Crippen LogP contribution in [0.3, 0.4) is 0 Å². The molecule has 0 atom stereocenters. The van der Waals surface area contributed by atoms with E-state index in [-0.39, 0.29) is 49.8 Å². The second-order valence-electron chi connectivity index (χ2n) is 6.97. The van der Waals surface area contributed by atoms with Gasteiger partial charge in [0, 0.05) is 30.6 Å². The summed E-state index contributed by atoms with van der Waals surface area (Å²) in [4.78, 5) is 53.5. The Kier molecular flexibility index (Phi) is 5.34. The molecule has 0 unspecified atom stereocenters. The van der Waals surface area contributed by atoms with Crippen LogP contribution in [0.4, 0.5) is 0 Å². The number of amides is 3. The Morgan fingerprint density at radius 2 is 1.73 bits per heavy atom. The highest BCUT2D eigenvalue weighted by molar-refractivity contribution is 6.04. The van der Waals surface area contributed by atoms with E-state index in [4.69, 9.17) is 0 Å². The van der Waals surface area contributed by atoms with Gasteiger partial charge in [-0.1, -0.05) is 24.3 Å². The summed E-state index contributed by atoms with van der Waals surface area (Å²) in [5.41, 5.74) is 1.10. The molecule has 0 radical (unpaired) electrons. The molecule has 3 amide bonds. The van der Waals surface area contributed by atoms with Gasteiger partial charge in [0.1, 0.15) is 6.54 Å². The summed E-state index contributed by atoms with van der Waals surface area (Å²) in [5.74, 6) is -1.15. The van der Waals surface area contributed by atoms with Gasteiger partial charge in [-0.25, -0.2) is 4.68 Å². The molecule has 9 nitrogen and oxygen atoms in total. The van der Waals surface area contributed by atoms with Gasteiger partial charge >= 0.3 is 0 Å². The number of pyridine rings is 1. The zero-order chi connectivity index (χ0) is 21.1. The van der Waals surface area contributed by atoms with Crippen LogP contribution in [0.25, 0.3) is 10.8 Å². The largest absolute Gasteiger partial charge is 0.349 e. The van der Waals surface area contributed by atoms with Gasteiger partial charge in [-0.2, -0.15) is 5.10 Å². The number of nitrogens with one attached hydrogen (secondary N) is 1. The van der Waals surface area contributed by atoms with E-state index < -0.39 is 5.91 Å². The van der Waals surface area contributed by atoms with Crippen molar-refractivity contribution in [2.24, 2.45) is 0 Å². The van der Waals surface area contributed by atoms with Crippen molar-refractivity contribution in [1.29, 1.82) is 0 Å². The third kappa shape index (κ3) is 3.95. The predicted octanol–water partition coefficient (Wildman–Crippen LogP) is 0.605. The monoisotopic (exact) mass is 405 g/mol. The first kappa shape index (κ1) is 19.4. The van der Waals surface area contributed by atoms with E-state index in [0.29, 0.717) is 16.5 Å². The lowest BCUT2D eigenvalue weighted by Gasteiger charge is -2.14. The summed E-state index contributed by atoms with van der Waals surface area (Å²) in [7, 11) is 0. The molecule has 152 valence electrons. The highest BCUT2D eigenvalue weighted by Gasteiger charge is 2.30. The molecule has 30 heavy (non-hydrogen) atoms. The van der Waals surface area contributed by atoms with Crippen LogP contribution in [0.2, 0.25) is 0 Å². The molecular weight excluding hydrogens is 386 g/mol. The molecule has 1 N–H and O–H groups in total. The number of likely N-dealkylation sites (tertiary alicyclic amines) is 1. The number of aromatic nitrogens is 3. The highest BCUT2D eigenvalue weighted by Crippen LogP contribution is 2.14. The average molecular weight is 405 g/mol. The van der Waals surface area contributed by atoms with Crippen LogP contribution in [-0.2, 0) is 27.5 Å². The van der Waals surface area contributed by atoms with Gasteiger partial charge in [-0.15, -0.1) is 0 Å². The Morgan fingerprint density at radius 1 is 1.00 bits per heavy atom. The number of rotatable bonds is 6. The van der Waals surface area contributed by atoms with Crippen LogP contribution >= 0.6 is 0 Å². The minimum Gasteiger partial charge on any atom is -0.349 e. The summed E-state index contributed by atoms with van der Waals surface area (Å²) in [6.45, 7) is -0.0109. The first-order valence-corrected chi connectivity index (χ1v) is 9.50. The van der Waals surface area contributed by atoms with E-state index in [1.54, 1.807) is 42.7 Å². The van der Waals surface area contributed by atoms with Crippen molar-refractivity contribution in [1.82, 2.24) is 25.0 Å². The minimum atomic E-state index is -0.463. The molecule has 9 heteroatoms. The molecule has 1 aliphatic heterocycles. The molecule has 1 saturated heterocycles. The maximum atomic E-state index is 12.8. The Balaban J connectivity index is 1.57. The molecule has 0 aliphatic carbocycles. The van der Waals surface area contributed by atoms with Crippen molar-refractivity contribution < 1.29 is 14.4 Å². The molecule has 1 aromatic carbocycles. The predicted molar refractivity (Wildman–Crippen MR) is 107 cm³/mol. The van der Waals surface area contributed by atoms with Crippen LogP contribution in [0.5, 0.6) is 0 Å². The zero-order valence-electron chi connectivity index (χ0n) is 16.1. The van der Waals surface area contributed by atoms with Gasteiger partial charge in [0.2, 0.25) is 17.7 Å². The lowest BCUT2D eigenvalue weighted by Crippen LogP contribution is -2.40. The molecule has 1 fully saturated rings.